The topological polar surface area (TPSA) is 84.5 Å². The Bertz CT molecular complexity index is 1100. The van der Waals surface area contributed by atoms with Crippen molar-refractivity contribution in [3.63, 3.8) is 0 Å². The van der Waals surface area contributed by atoms with E-state index in [-0.39, 0.29) is 12.0 Å². The first kappa shape index (κ1) is 23.6. The van der Waals surface area contributed by atoms with Gasteiger partial charge in [0.2, 0.25) is 11.8 Å². The molecule has 0 heterocycles. The second-order valence-corrected chi connectivity index (χ2v) is 7.24. The van der Waals surface area contributed by atoms with Crippen LogP contribution in [0.1, 0.15) is 28.8 Å². The van der Waals surface area contributed by atoms with Crippen LogP contribution in [0.25, 0.3) is 0 Å². The molecule has 0 saturated carbocycles. The van der Waals surface area contributed by atoms with Crippen LogP contribution in [0.5, 0.6) is 0 Å². The molecule has 0 fully saturated rings. The second-order valence-electron chi connectivity index (χ2n) is 7.24. The molecule has 0 saturated heterocycles. The number of amides is 2. The smallest absolute Gasteiger partial charge is 0.333 e. The predicted octanol–water partition coefficient (Wildman–Crippen LogP) is 3.40. The average molecular weight is 452 g/mol. The van der Waals surface area contributed by atoms with Crippen molar-refractivity contribution in [2.45, 2.75) is 18.5 Å². The summed E-state index contributed by atoms with van der Waals surface area (Å²) >= 11 is 0. The van der Waals surface area contributed by atoms with Crippen molar-refractivity contribution in [2.75, 3.05) is 7.11 Å². The zero-order valence-electron chi connectivity index (χ0n) is 17.8. The third-order valence-electron chi connectivity index (χ3n) is 4.84. The molecule has 0 unspecified atom stereocenters. The number of benzene rings is 3. The normalized spacial score (nSPS) is 12.3. The molecule has 0 bridgehead atoms. The molecule has 3 rings (SSSR count). The molecule has 33 heavy (non-hydrogen) atoms. The lowest BCUT2D eigenvalue weighted by Gasteiger charge is -2.23. The van der Waals surface area contributed by atoms with Crippen LogP contribution in [0, 0.1) is 11.6 Å². The highest BCUT2D eigenvalue weighted by atomic mass is 19.1. The monoisotopic (exact) mass is 452 g/mol. The molecule has 3 aromatic carbocycles. The van der Waals surface area contributed by atoms with Gasteiger partial charge in [0, 0.05) is 6.07 Å². The summed E-state index contributed by atoms with van der Waals surface area (Å²) in [6.45, 7) is 0. The maximum Gasteiger partial charge on any atom is 0.333 e. The Balaban J connectivity index is 1.83. The Morgan fingerprint density at radius 2 is 1.30 bits per heavy atom. The lowest BCUT2D eigenvalue weighted by atomic mass is 10.0. The first-order chi connectivity index (χ1) is 15.9. The lowest BCUT2D eigenvalue weighted by Crippen LogP contribution is -2.44. The highest BCUT2D eigenvalue weighted by Crippen LogP contribution is 2.19. The standard InChI is InChI=1S/C25H22F2N2O4/c1-33-25(32)23(18-10-6-3-7-11-18)29-24(31)22(17-8-4-2-5-9-17)28-21(30)14-16-12-19(26)15-20(27)13-16/h2-13,15,22-23H,14H2,1H3,(H,28,30)(H,29,31)/t22-,23-/m0/s1. The Morgan fingerprint density at radius 1 is 0.788 bits per heavy atom. The number of nitrogens with one attached hydrogen (secondary N) is 2. The van der Waals surface area contributed by atoms with E-state index in [9.17, 15) is 23.2 Å². The second kappa shape index (κ2) is 11.0. The van der Waals surface area contributed by atoms with E-state index in [4.69, 9.17) is 4.74 Å². The van der Waals surface area contributed by atoms with Crippen LogP contribution < -0.4 is 10.6 Å². The van der Waals surface area contributed by atoms with E-state index >= 15 is 0 Å². The molecule has 2 N–H and O–H groups in total. The Hall–Kier alpha value is -4.07. The number of halogens is 2. The minimum atomic E-state index is -1.16. The fourth-order valence-electron chi connectivity index (χ4n) is 3.32. The number of rotatable bonds is 8. The first-order valence-electron chi connectivity index (χ1n) is 10.1. The average Bonchev–Trinajstić information content (AvgIpc) is 2.80. The fraction of sp³-hybridized carbons (Fsp3) is 0.160. The number of methoxy groups -OCH3 is 1. The first-order valence-corrected chi connectivity index (χ1v) is 10.1. The molecule has 170 valence electrons. The van der Waals surface area contributed by atoms with Gasteiger partial charge in [-0.15, -0.1) is 0 Å². The van der Waals surface area contributed by atoms with E-state index in [2.05, 4.69) is 10.6 Å². The van der Waals surface area contributed by atoms with Crippen molar-refractivity contribution in [1.29, 1.82) is 0 Å². The quantitative estimate of drug-likeness (QED) is 0.513. The molecule has 2 amide bonds. The van der Waals surface area contributed by atoms with Gasteiger partial charge in [-0.05, 0) is 28.8 Å². The van der Waals surface area contributed by atoms with Crippen molar-refractivity contribution >= 4 is 17.8 Å². The van der Waals surface area contributed by atoms with Gasteiger partial charge in [0.1, 0.15) is 17.7 Å². The molecule has 6 nitrogen and oxygen atoms in total. The maximum atomic E-state index is 13.5. The fourth-order valence-corrected chi connectivity index (χ4v) is 3.32. The van der Waals surface area contributed by atoms with Crippen LogP contribution in [-0.4, -0.2) is 24.9 Å². The lowest BCUT2D eigenvalue weighted by molar-refractivity contribution is -0.145. The van der Waals surface area contributed by atoms with E-state index < -0.39 is 41.5 Å². The minimum absolute atomic E-state index is 0.119. The molecule has 0 aromatic heterocycles. The molecule has 0 spiro atoms. The molecular weight excluding hydrogens is 430 g/mol. The number of ether oxygens (including phenoxy) is 1. The van der Waals surface area contributed by atoms with Gasteiger partial charge in [0.15, 0.2) is 6.04 Å². The SMILES string of the molecule is COC(=O)[C@@H](NC(=O)[C@@H](NC(=O)Cc1cc(F)cc(F)c1)c1ccccc1)c1ccccc1. The molecular formula is C25H22F2N2O4. The van der Waals surface area contributed by atoms with Crippen LogP contribution in [0.15, 0.2) is 78.9 Å². The Kier molecular flexibility index (Phi) is 7.86. The van der Waals surface area contributed by atoms with Gasteiger partial charge in [0.05, 0.1) is 13.5 Å². The van der Waals surface area contributed by atoms with Crippen LogP contribution in [0.3, 0.4) is 0 Å². The van der Waals surface area contributed by atoms with Crippen LogP contribution in [0.2, 0.25) is 0 Å². The zero-order valence-corrected chi connectivity index (χ0v) is 17.8. The van der Waals surface area contributed by atoms with E-state index in [1.54, 1.807) is 60.7 Å². The van der Waals surface area contributed by atoms with Gasteiger partial charge in [-0.25, -0.2) is 13.6 Å². The summed E-state index contributed by atoms with van der Waals surface area (Å²) in [5.41, 5.74) is 1.09. The largest absolute Gasteiger partial charge is 0.467 e. The third kappa shape index (κ3) is 6.46. The summed E-state index contributed by atoms with van der Waals surface area (Å²) < 4.78 is 31.8. The van der Waals surface area contributed by atoms with Gasteiger partial charge in [-0.2, -0.15) is 0 Å². The number of esters is 1. The number of carbonyl (C=O) groups is 3. The molecule has 0 aliphatic heterocycles. The van der Waals surface area contributed by atoms with Crippen molar-refractivity contribution in [3.8, 4) is 0 Å². The third-order valence-corrected chi connectivity index (χ3v) is 4.84. The van der Waals surface area contributed by atoms with E-state index in [0.717, 1.165) is 12.1 Å². The molecule has 3 aromatic rings. The van der Waals surface area contributed by atoms with Crippen molar-refractivity contribution in [1.82, 2.24) is 10.6 Å². The number of hydrogen-bond donors (Lipinski definition) is 2. The molecule has 2 atom stereocenters. The van der Waals surface area contributed by atoms with Crippen molar-refractivity contribution in [2.24, 2.45) is 0 Å². The van der Waals surface area contributed by atoms with Crippen molar-refractivity contribution < 1.29 is 27.9 Å². The summed E-state index contributed by atoms with van der Waals surface area (Å²) in [5.74, 6) is -3.57. The predicted molar refractivity (Wildman–Crippen MR) is 117 cm³/mol. The van der Waals surface area contributed by atoms with Gasteiger partial charge >= 0.3 is 5.97 Å². The van der Waals surface area contributed by atoms with E-state index in [1.807, 2.05) is 0 Å². The Labute approximate surface area is 189 Å². The summed E-state index contributed by atoms with van der Waals surface area (Å²) in [6, 6.07) is 17.5. The van der Waals surface area contributed by atoms with Crippen LogP contribution in [-0.2, 0) is 25.5 Å². The van der Waals surface area contributed by atoms with Crippen molar-refractivity contribution in [3.05, 3.63) is 107 Å². The summed E-state index contributed by atoms with van der Waals surface area (Å²) in [6.07, 6.45) is -0.343. The number of hydrogen-bond acceptors (Lipinski definition) is 4. The zero-order chi connectivity index (χ0) is 23.8. The molecule has 8 heteroatoms. The summed E-state index contributed by atoms with van der Waals surface area (Å²) in [7, 11) is 1.21. The van der Waals surface area contributed by atoms with Crippen LogP contribution >= 0.6 is 0 Å². The van der Waals surface area contributed by atoms with Gasteiger partial charge in [-0.1, -0.05) is 60.7 Å². The molecule has 0 radical (unpaired) electrons. The number of carbonyl (C=O) groups excluding carboxylic acids is 3. The molecule has 0 aliphatic carbocycles. The van der Waals surface area contributed by atoms with E-state index in [0.29, 0.717) is 17.2 Å². The minimum Gasteiger partial charge on any atom is -0.467 e. The highest BCUT2D eigenvalue weighted by Gasteiger charge is 2.29. The Morgan fingerprint density at radius 3 is 1.82 bits per heavy atom. The maximum absolute atomic E-state index is 13.5. The van der Waals surface area contributed by atoms with Gasteiger partial charge < -0.3 is 15.4 Å². The summed E-state index contributed by atoms with van der Waals surface area (Å²) in [5, 5.41) is 5.21. The van der Waals surface area contributed by atoms with Gasteiger partial charge in [0.25, 0.3) is 0 Å². The molecule has 0 aliphatic rings. The van der Waals surface area contributed by atoms with E-state index in [1.165, 1.54) is 7.11 Å². The van der Waals surface area contributed by atoms with Crippen LogP contribution in [0.4, 0.5) is 8.78 Å². The highest BCUT2D eigenvalue weighted by molar-refractivity contribution is 5.92. The van der Waals surface area contributed by atoms with Gasteiger partial charge in [-0.3, -0.25) is 9.59 Å². The summed E-state index contributed by atoms with van der Waals surface area (Å²) in [4.78, 5) is 38.2.